The van der Waals surface area contributed by atoms with E-state index in [-0.39, 0.29) is 17.1 Å². The van der Waals surface area contributed by atoms with Crippen molar-refractivity contribution in [3.8, 4) is 0 Å². The summed E-state index contributed by atoms with van der Waals surface area (Å²) < 4.78 is 0. The third-order valence-corrected chi connectivity index (χ3v) is 1.88. The summed E-state index contributed by atoms with van der Waals surface area (Å²) in [5.41, 5.74) is 0. The van der Waals surface area contributed by atoms with Gasteiger partial charge in [-0.05, 0) is 0 Å². The van der Waals surface area contributed by atoms with Gasteiger partial charge in [-0.25, -0.2) is 0 Å². The maximum Gasteiger partial charge on any atom is 0 e. The van der Waals surface area contributed by atoms with Crippen LogP contribution in [0.5, 0.6) is 0 Å². The Hall–Kier alpha value is 0.359. The normalized spacial score (nSPS) is 22.3. The van der Waals surface area contributed by atoms with E-state index in [1.165, 1.54) is 0 Å². The topological polar surface area (TPSA) is 56.4 Å². The van der Waals surface area contributed by atoms with Gasteiger partial charge in [0.25, 0.3) is 0 Å². The molecule has 0 unspecified atom stereocenters. The Morgan fingerprint density at radius 2 is 0.714 bits per heavy atom. The van der Waals surface area contributed by atoms with Crippen LogP contribution in [0.1, 0.15) is 6.42 Å². The molecule has 0 bridgehead atoms. The maximum atomic E-state index is 4.35. The minimum Gasteiger partial charge on any atom is -0.665 e. The second-order valence-electron chi connectivity index (χ2n) is 3.04. The van der Waals surface area contributed by atoms with E-state index in [1.807, 2.05) is 0 Å². The zero-order valence-electron chi connectivity index (χ0n) is 8.45. The first-order valence-corrected chi connectivity index (χ1v) is 5.03. The molecule has 0 amide bonds. The van der Waals surface area contributed by atoms with E-state index in [4.69, 9.17) is 0 Å². The minimum absolute atomic E-state index is 0. The van der Waals surface area contributed by atoms with Crippen LogP contribution in [0.4, 0.5) is 0 Å². The van der Waals surface area contributed by atoms with Crippen molar-refractivity contribution in [2.45, 2.75) is 6.42 Å². The van der Waals surface area contributed by atoms with Gasteiger partial charge in [0.15, 0.2) is 0 Å². The Labute approximate surface area is 97.4 Å². The van der Waals surface area contributed by atoms with Crippen LogP contribution in [0, 0.1) is 0 Å². The quantitative estimate of drug-likeness (QED) is 0.586. The molecule has 1 aliphatic heterocycles. The van der Waals surface area contributed by atoms with Gasteiger partial charge < -0.3 is 21.3 Å². The van der Waals surface area contributed by atoms with Gasteiger partial charge in [-0.1, -0.05) is 6.42 Å². The summed E-state index contributed by atoms with van der Waals surface area (Å²) in [5.74, 6) is 0. The van der Waals surface area contributed by atoms with Gasteiger partial charge in [0.05, 0.1) is 0 Å². The summed E-state index contributed by atoms with van der Waals surface area (Å²) in [5, 5.41) is 17.3. The van der Waals surface area contributed by atoms with E-state index in [0.29, 0.717) is 0 Å². The van der Waals surface area contributed by atoms with Crippen molar-refractivity contribution in [2.75, 3.05) is 52.4 Å². The van der Waals surface area contributed by atoms with Crippen LogP contribution in [0.25, 0.3) is 21.3 Å². The van der Waals surface area contributed by atoms with E-state index >= 15 is 0 Å². The minimum atomic E-state index is 0. The van der Waals surface area contributed by atoms with Gasteiger partial charge in [0.1, 0.15) is 0 Å². The maximum absolute atomic E-state index is 4.35. The molecule has 1 radical (unpaired) electrons. The van der Waals surface area contributed by atoms with Crippen molar-refractivity contribution in [1.82, 2.24) is 0 Å². The summed E-state index contributed by atoms with van der Waals surface area (Å²) in [6, 6.07) is 0. The molecule has 1 fully saturated rings. The number of nitrogens with zero attached hydrogens (tertiary/aromatic N) is 4. The molecule has 89 valence electrons. The Balaban J connectivity index is 0.00000169. The fourth-order valence-corrected chi connectivity index (χ4v) is 1.17. The summed E-state index contributed by atoms with van der Waals surface area (Å²) in [6.45, 7) is 7.08. The standard InChI is InChI=1S/C9H18N4.Cu/c1-2-10-4-6-12-8-9-13-7-5-11-3-1;/h1-9H2;/q-4;. The number of hydrogen-bond acceptors (Lipinski definition) is 0. The van der Waals surface area contributed by atoms with Crippen LogP contribution in [0.2, 0.25) is 0 Å². The zero-order valence-corrected chi connectivity index (χ0v) is 9.40. The first-order valence-electron chi connectivity index (χ1n) is 5.03. The molecule has 4 nitrogen and oxygen atoms in total. The molecule has 0 N–H and O–H groups in total. The summed E-state index contributed by atoms with van der Waals surface area (Å²) in [7, 11) is 0. The molecule has 0 saturated carbocycles. The van der Waals surface area contributed by atoms with E-state index in [0.717, 1.165) is 58.8 Å². The van der Waals surface area contributed by atoms with Crippen molar-refractivity contribution >= 4 is 0 Å². The van der Waals surface area contributed by atoms with Gasteiger partial charge in [-0.3, -0.25) is 0 Å². The Morgan fingerprint density at radius 3 is 1.07 bits per heavy atom. The smallest absolute Gasteiger partial charge is 0 e. The molecule has 1 heterocycles. The molecule has 1 rings (SSSR count). The summed E-state index contributed by atoms with van der Waals surface area (Å²) >= 11 is 0. The molecular formula is C9H18CuN4-4. The van der Waals surface area contributed by atoms with Gasteiger partial charge >= 0.3 is 0 Å². The Bertz CT molecular complexity index is 64.9. The van der Waals surface area contributed by atoms with Gasteiger partial charge in [0, 0.05) is 17.1 Å². The Kier molecular flexibility index (Phi) is 11.7. The van der Waals surface area contributed by atoms with Crippen LogP contribution in [-0.2, 0) is 17.1 Å². The third kappa shape index (κ3) is 8.94. The molecule has 0 aliphatic carbocycles. The van der Waals surface area contributed by atoms with Crippen molar-refractivity contribution in [3.05, 3.63) is 21.3 Å². The molecular weight excluding hydrogens is 228 g/mol. The molecule has 1 saturated heterocycles. The molecule has 14 heavy (non-hydrogen) atoms. The molecule has 0 spiro atoms. The van der Waals surface area contributed by atoms with Crippen LogP contribution >= 0.6 is 0 Å². The third-order valence-electron chi connectivity index (χ3n) is 1.88. The van der Waals surface area contributed by atoms with Crippen molar-refractivity contribution in [1.29, 1.82) is 0 Å². The second kappa shape index (κ2) is 11.4. The fraction of sp³-hybridized carbons (Fsp3) is 1.00. The van der Waals surface area contributed by atoms with Crippen LogP contribution in [-0.4, -0.2) is 52.4 Å². The van der Waals surface area contributed by atoms with Crippen LogP contribution in [0.3, 0.4) is 0 Å². The molecule has 0 aromatic heterocycles. The van der Waals surface area contributed by atoms with E-state index in [2.05, 4.69) is 21.3 Å². The van der Waals surface area contributed by atoms with E-state index in [1.54, 1.807) is 0 Å². The number of rotatable bonds is 0. The molecule has 5 heteroatoms. The van der Waals surface area contributed by atoms with E-state index < -0.39 is 0 Å². The van der Waals surface area contributed by atoms with Crippen LogP contribution in [0.15, 0.2) is 0 Å². The van der Waals surface area contributed by atoms with Crippen molar-refractivity contribution < 1.29 is 17.1 Å². The summed E-state index contributed by atoms with van der Waals surface area (Å²) in [6.07, 6.45) is 1.08. The number of hydrogen-bond donors (Lipinski definition) is 0. The Morgan fingerprint density at radius 1 is 0.429 bits per heavy atom. The average molecular weight is 246 g/mol. The van der Waals surface area contributed by atoms with Gasteiger partial charge in [-0.2, -0.15) is 52.4 Å². The SMILES string of the molecule is C1C[N-]CC[N-]CC[N-]CC[N-]C1.[Cu]. The zero-order chi connectivity index (χ0) is 9.19. The first-order chi connectivity index (χ1) is 6.50. The summed E-state index contributed by atoms with van der Waals surface area (Å²) in [4.78, 5) is 0. The largest absolute Gasteiger partial charge is 0.665 e. The molecule has 1 aliphatic rings. The molecule has 0 aromatic rings. The fourth-order valence-electron chi connectivity index (χ4n) is 1.17. The molecule has 0 aromatic carbocycles. The predicted octanol–water partition coefficient (Wildman–Crippen LogP) is 1.88. The predicted molar refractivity (Wildman–Crippen MR) is 57.0 cm³/mol. The average Bonchev–Trinajstić information content (AvgIpc) is 2.18. The monoisotopic (exact) mass is 245 g/mol. The molecule has 0 atom stereocenters. The van der Waals surface area contributed by atoms with Crippen LogP contribution < -0.4 is 0 Å². The first kappa shape index (κ1) is 14.4. The second-order valence-corrected chi connectivity index (χ2v) is 3.04. The van der Waals surface area contributed by atoms with E-state index in [9.17, 15) is 0 Å². The van der Waals surface area contributed by atoms with Crippen molar-refractivity contribution in [2.24, 2.45) is 0 Å². The van der Waals surface area contributed by atoms with Gasteiger partial charge in [0.2, 0.25) is 0 Å². The van der Waals surface area contributed by atoms with Crippen molar-refractivity contribution in [3.63, 3.8) is 0 Å². The van der Waals surface area contributed by atoms with Gasteiger partial charge in [-0.15, -0.1) is 0 Å².